The van der Waals surface area contributed by atoms with Crippen LogP contribution in [0, 0.1) is 5.92 Å². The Labute approximate surface area is 115 Å². The molecular formula is C16H23NO2. The lowest BCUT2D eigenvalue weighted by Crippen LogP contribution is -2.38. The molecule has 0 saturated heterocycles. The van der Waals surface area contributed by atoms with Gasteiger partial charge in [0.25, 0.3) is 0 Å². The zero-order valence-electron chi connectivity index (χ0n) is 11.8. The van der Waals surface area contributed by atoms with Gasteiger partial charge in [-0.25, -0.2) is 0 Å². The number of likely N-dealkylation sites (N-methyl/N-ethyl adjacent to an activating group) is 1. The van der Waals surface area contributed by atoms with Crippen molar-refractivity contribution in [1.29, 1.82) is 0 Å². The Balaban J connectivity index is 1.89. The third-order valence-corrected chi connectivity index (χ3v) is 4.19. The average molecular weight is 261 g/mol. The number of carbonyl (C=O) groups excluding carboxylic acids is 1. The number of benzene rings is 1. The van der Waals surface area contributed by atoms with E-state index in [0.717, 1.165) is 5.92 Å². The summed E-state index contributed by atoms with van der Waals surface area (Å²) in [5, 5.41) is 9.23. The van der Waals surface area contributed by atoms with Gasteiger partial charge in [0.05, 0.1) is 6.54 Å². The van der Waals surface area contributed by atoms with E-state index in [1.807, 2.05) is 7.05 Å². The molecule has 1 saturated carbocycles. The third kappa shape index (κ3) is 3.80. The maximum absolute atomic E-state index is 12.2. The Morgan fingerprint density at radius 3 is 2.37 bits per heavy atom. The molecule has 3 nitrogen and oxygen atoms in total. The molecule has 0 radical (unpaired) electrons. The van der Waals surface area contributed by atoms with E-state index in [0.29, 0.717) is 18.2 Å². The van der Waals surface area contributed by atoms with Crippen molar-refractivity contribution < 1.29 is 9.90 Å². The summed E-state index contributed by atoms with van der Waals surface area (Å²) in [7, 11) is 2.04. The largest absolute Gasteiger partial charge is 0.508 e. The van der Waals surface area contributed by atoms with E-state index >= 15 is 0 Å². The minimum absolute atomic E-state index is 0.126. The normalized spacial score (nSPS) is 23.5. The van der Waals surface area contributed by atoms with Gasteiger partial charge in [0, 0.05) is 11.6 Å². The molecule has 1 N–H and O–H groups in total. The molecule has 0 aromatic heterocycles. The molecule has 1 fully saturated rings. The van der Waals surface area contributed by atoms with Gasteiger partial charge >= 0.3 is 0 Å². The number of hydrogen-bond donors (Lipinski definition) is 1. The molecule has 1 aromatic carbocycles. The van der Waals surface area contributed by atoms with Crippen LogP contribution in [0.2, 0.25) is 0 Å². The van der Waals surface area contributed by atoms with E-state index in [4.69, 9.17) is 0 Å². The van der Waals surface area contributed by atoms with Crippen molar-refractivity contribution >= 4 is 5.78 Å². The summed E-state index contributed by atoms with van der Waals surface area (Å²) in [6.45, 7) is 2.77. The summed E-state index contributed by atoms with van der Waals surface area (Å²) < 4.78 is 0. The maximum Gasteiger partial charge on any atom is 0.176 e. The van der Waals surface area contributed by atoms with Crippen LogP contribution < -0.4 is 0 Å². The molecule has 0 heterocycles. The zero-order chi connectivity index (χ0) is 13.8. The van der Waals surface area contributed by atoms with Crippen LogP contribution in [0.3, 0.4) is 0 Å². The maximum atomic E-state index is 12.2. The Morgan fingerprint density at radius 2 is 1.79 bits per heavy atom. The van der Waals surface area contributed by atoms with Gasteiger partial charge in [0.15, 0.2) is 5.78 Å². The topological polar surface area (TPSA) is 40.5 Å². The molecule has 1 aromatic rings. The summed E-state index contributed by atoms with van der Waals surface area (Å²) in [5.41, 5.74) is 0.675. The minimum Gasteiger partial charge on any atom is -0.508 e. The van der Waals surface area contributed by atoms with Crippen molar-refractivity contribution in [3.05, 3.63) is 29.8 Å². The highest BCUT2D eigenvalue weighted by Gasteiger charge is 2.23. The lowest BCUT2D eigenvalue weighted by molar-refractivity contribution is 0.0889. The standard InChI is InChI=1S/C16H23NO2/c1-12-3-7-14(8-4-12)17(2)11-16(19)13-5-9-15(18)10-6-13/h5-6,9-10,12,14,18H,3-4,7-8,11H2,1-2H3. The van der Waals surface area contributed by atoms with Crippen LogP contribution in [0.1, 0.15) is 43.0 Å². The Bertz CT molecular complexity index is 419. The summed E-state index contributed by atoms with van der Waals surface area (Å²) in [6.07, 6.45) is 4.92. The molecule has 0 atom stereocenters. The minimum atomic E-state index is 0.126. The predicted octanol–water partition coefficient (Wildman–Crippen LogP) is 3.09. The highest BCUT2D eigenvalue weighted by molar-refractivity contribution is 5.97. The van der Waals surface area contributed by atoms with E-state index in [9.17, 15) is 9.90 Å². The van der Waals surface area contributed by atoms with Gasteiger partial charge in [-0.05, 0) is 62.9 Å². The van der Waals surface area contributed by atoms with Crippen molar-refractivity contribution in [1.82, 2.24) is 4.90 Å². The van der Waals surface area contributed by atoms with Crippen LogP contribution >= 0.6 is 0 Å². The first-order chi connectivity index (χ1) is 9.06. The first kappa shape index (κ1) is 14.1. The summed E-state index contributed by atoms with van der Waals surface area (Å²) in [6, 6.07) is 7.05. The van der Waals surface area contributed by atoms with E-state index in [2.05, 4.69) is 11.8 Å². The third-order valence-electron chi connectivity index (χ3n) is 4.19. The second kappa shape index (κ2) is 6.20. The second-order valence-corrected chi connectivity index (χ2v) is 5.80. The molecule has 0 spiro atoms. The lowest BCUT2D eigenvalue weighted by Gasteiger charge is -2.33. The SMILES string of the molecule is CC1CCC(N(C)CC(=O)c2ccc(O)cc2)CC1. The van der Waals surface area contributed by atoms with E-state index in [-0.39, 0.29) is 11.5 Å². The molecule has 0 aliphatic heterocycles. The fraction of sp³-hybridized carbons (Fsp3) is 0.562. The van der Waals surface area contributed by atoms with E-state index < -0.39 is 0 Å². The Hall–Kier alpha value is -1.35. The number of nitrogens with zero attached hydrogens (tertiary/aromatic N) is 1. The van der Waals surface area contributed by atoms with Crippen molar-refractivity contribution in [3.8, 4) is 5.75 Å². The first-order valence-corrected chi connectivity index (χ1v) is 7.08. The molecule has 19 heavy (non-hydrogen) atoms. The highest BCUT2D eigenvalue weighted by Crippen LogP contribution is 2.26. The van der Waals surface area contributed by atoms with Crippen LogP contribution in [0.15, 0.2) is 24.3 Å². The van der Waals surface area contributed by atoms with Gasteiger partial charge in [-0.2, -0.15) is 0 Å². The fourth-order valence-corrected chi connectivity index (χ4v) is 2.78. The molecule has 1 aliphatic carbocycles. The highest BCUT2D eigenvalue weighted by atomic mass is 16.3. The van der Waals surface area contributed by atoms with Gasteiger partial charge in [-0.1, -0.05) is 6.92 Å². The number of aromatic hydroxyl groups is 1. The van der Waals surface area contributed by atoms with Crippen molar-refractivity contribution in [2.75, 3.05) is 13.6 Å². The molecule has 2 rings (SSSR count). The molecule has 0 amide bonds. The number of rotatable bonds is 4. The van der Waals surface area contributed by atoms with Crippen molar-refractivity contribution in [2.24, 2.45) is 5.92 Å². The predicted molar refractivity (Wildman–Crippen MR) is 76.5 cm³/mol. The molecule has 104 valence electrons. The number of hydrogen-bond acceptors (Lipinski definition) is 3. The van der Waals surface area contributed by atoms with Crippen LogP contribution in [-0.4, -0.2) is 35.4 Å². The van der Waals surface area contributed by atoms with Gasteiger partial charge in [-0.15, -0.1) is 0 Å². The van der Waals surface area contributed by atoms with E-state index in [1.165, 1.54) is 25.7 Å². The number of Topliss-reactive ketones (excluding diaryl/α,β-unsaturated/α-hetero) is 1. The van der Waals surface area contributed by atoms with Gasteiger partial charge < -0.3 is 5.11 Å². The number of phenols is 1. The van der Waals surface area contributed by atoms with E-state index in [1.54, 1.807) is 24.3 Å². The van der Waals surface area contributed by atoms with Crippen LogP contribution in [0.5, 0.6) is 5.75 Å². The Kier molecular flexibility index (Phi) is 4.59. The Morgan fingerprint density at radius 1 is 1.21 bits per heavy atom. The molecule has 3 heteroatoms. The van der Waals surface area contributed by atoms with Crippen LogP contribution in [0.4, 0.5) is 0 Å². The summed E-state index contributed by atoms with van der Waals surface area (Å²) in [4.78, 5) is 14.3. The van der Waals surface area contributed by atoms with Crippen LogP contribution in [0.25, 0.3) is 0 Å². The van der Waals surface area contributed by atoms with Crippen LogP contribution in [-0.2, 0) is 0 Å². The van der Waals surface area contributed by atoms with Gasteiger partial charge in [-0.3, -0.25) is 9.69 Å². The first-order valence-electron chi connectivity index (χ1n) is 7.08. The second-order valence-electron chi connectivity index (χ2n) is 5.80. The van der Waals surface area contributed by atoms with Gasteiger partial charge in [0.2, 0.25) is 0 Å². The number of ketones is 1. The fourth-order valence-electron chi connectivity index (χ4n) is 2.78. The number of phenolic OH excluding ortho intramolecular Hbond substituents is 1. The quantitative estimate of drug-likeness (QED) is 0.847. The molecule has 0 unspecified atom stereocenters. The van der Waals surface area contributed by atoms with Gasteiger partial charge in [0.1, 0.15) is 5.75 Å². The molecule has 0 bridgehead atoms. The number of carbonyl (C=O) groups is 1. The average Bonchev–Trinajstić information content (AvgIpc) is 2.40. The monoisotopic (exact) mass is 261 g/mol. The summed E-state index contributed by atoms with van der Waals surface area (Å²) >= 11 is 0. The lowest BCUT2D eigenvalue weighted by atomic mass is 9.86. The van der Waals surface area contributed by atoms with Crippen molar-refractivity contribution in [3.63, 3.8) is 0 Å². The smallest absolute Gasteiger partial charge is 0.176 e. The van der Waals surface area contributed by atoms with Crippen molar-refractivity contribution in [2.45, 2.75) is 38.6 Å². The molecular weight excluding hydrogens is 238 g/mol. The zero-order valence-corrected chi connectivity index (χ0v) is 11.8. The molecule has 1 aliphatic rings. The summed E-state index contributed by atoms with van der Waals surface area (Å²) in [5.74, 6) is 1.16.